The summed E-state index contributed by atoms with van der Waals surface area (Å²) in [6.07, 6.45) is 13.1. The lowest BCUT2D eigenvalue weighted by Crippen LogP contribution is -2.23. The number of carbonyl (C=O) groups is 2. The van der Waals surface area contributed by atoms with Crippen LogP contribution < -0.4 is 0 Å². The van der Waals surface area contributed by atoms with Crippen molar-refractivity contribution in [2.24, 2.45) is 0 Å². The fourth-order valence-electron chi connectivity index (χ4n) is 2.01. The molecule has 0 aromatic heterocycles. The van der Waals surface area contributed by atoms with Gasteiger partial charge in [-0.05, 0) is 24.8 Å². The third-order valence-corrected chi connectivity index (χ3v) is 3.07. The number of aliphatic carboxylic acids is 1. The molecule has 0 aromatic rings. The number of rotatable bonds is 5. The van der Waals surface area contributed by atoms with E-state index in [-0.39, 0.29) is 18.7 Å². The number of carboxylic acid groups (broad SMARTS) is 1. The Labute approximate surface area is 117 Å². The van der Waals surface area contributed by atoms with Crippen LogP contribution in [0.5, 0.6) is 0 Å². The van der Waals surface area contributed by atoms with Gasteiger partial charge in [0.05, 0.1) is 6.20 Å². The van der Waals surface area contributed by atoms with Gasteiger partial charge in [-0.15, -0.1) is 0 Å². The van der Waals surface area contributed by atoms with Gasteiger partial charge in [-0.25, -0.2) is 0 Å². The second-order valence-electron chi connectivity index (χ2n) is 4.60. The lowest BCUT2D eigenvalue weighted by atomic mass is 10.0. The zero-order valence-electron chi connectivity index (χ0n) is 11.1. The van der Waals surface area contributed by atoms with Crippen LogP contribution in [0.2, 0.25) is 0 Å². The number of carbonyl (C=O) groups excluding carboxylic acids is 1. The van der Waals surface area contributed by atoms with E-state index in [2.05, 4.69) is 6.08 Å². The highest BCUT2D eigenvalue weighted by Gasteiger charge is 2.16. The highest BCUT2D eigenvalue weighted by molar-refractivity contribution is 5.79. The minimum absolute atomic E-state index is 0.00626. The minimum atomic E-state index is -0.884. The van der Waals surface area contributed by atoms with Crippen molar-refractivity contribution in [2.75, 3.05) is 0 Å². The monoisotopic (exact) mass is 275 g/mol. The predicted octanol–water partition coefficient (Wildman–Crippen LogP) is 2.69. The second kappa shape index (κ2) is 6.75. The van der Waals surface area contributed by atoms with Gasteiger partial charge in [-0.1, -0.05) is 18.2 Å². The van der Waals surface area contributed by atoms with Crippen molar-refractivity contribution in [3.05, 3.63) is 48.2 Å². The number of nitrogens with zero attached hydrogens (tertiary/aromatic N) is 1. The fraction of sp³-hybridized carbons (Fsp3) is 0.333. The van der Waals surface area contributed by atoms with Crippen LogP contribution in [0.4, 0.5) is 0 Å². The molecule has 2 aliphatic rings. The maximum atomic E-state index is 12.0. The molecule has 0 aromatic carbocycles. The van der Waals surface area contributed by atoms with Crippen LogP contribution in [-0.2, 0) is 14.3 Å². The Kier molecular flexibility index (Phi) is 4.76. The zero-order chi connectivity index (χ0) is 14.4. The summed E-state index contributed by atoms with van der Waals surface area (Å²) in [5, 5.41) is 8.56. The molecule has 106 valence electrons. The molecule has 1 amide bonds. The SMILES string of the molecule is O=C(O)CCCC(=O)N1C=COC(C2=CC=CCC2)=C1. The molecular weight excluding hydrogens is 258 g/mol. The number of hydrogen-bond donors (Lipinski definition) is 1. The van der Waals surface area contributed by atoms with Crippen molar-refractivity contribution < 1.29 is 19.4 Å². The molecule has 0 unspecified atom stereocenters. The van der Waals surface area contributed by atoms with Gasteiger partial charge in [0.2, 0.25) is 5.91 Å². The Morgan fingerprint density at radius 1 is 1.35 bits per heavy atom. The molecule has 0 bridgehead atoms. The van der Waals surface area contributed by atoms with Crippen LogP contribution in [0.25, 0.3) is 0 Å². The highest BCUT2D eigenvalue weighted by atomic mass is 16.5. The number of allylic oxidation sites excluding steroid dienone is 4. The normalized spacial score (nSPS) is 17.3. The summed E-state index contributed by atoms with van der Waals surface area (Å²) in [5.74, 6) is -0.343. The molecule has 5 nitrogen and oxygen atoms in total. The smallest absolute Gasteiger partial charge is 0.303 e. The highest BCUT2D eigenvalue weighted by Crippen LogP contribution is 2.24. The van der Waals surface area contributed by atoms with Crippen molar-refractivity contribution in [1.29, 1.82) is 0 Å². The Bertz CT molecular complexity index is 514. The summed E-state index contributed by atoms with van der Waals surface area (Å²) in [4.78, 5) is 23.8. The van der Waals surface area contributed by atoms with Gasteiger partial charge in [0.1, 0.15) is 12.0 Å². The van der Waals surface area contributed by atoms with Crippen LogP contribution in [-0.4, -0.2) is 21.9 Å². The van der Waals surface area contributed by atoms with Crippen molar-refractivity contribution in [3.63, 3.8) is 0 Å². The molecule has 1 N–H and O–H groups in total. The van der Waals surface area contributed by atoms with Crippen LogP contribution >= 0.6 is 0 Å². The summed E-state index contributed by atoms with van der Waals surface area (Å²) < 4.78 is 5.43. The molecule has 0 atom stereocenters. The first-order chi connectivity index (χ1) is 9.66. The summed E-state index contributed by atoms with van der Waals surface area (Å²) in [7, 11) is 0. The summed E-state index contributed by atoms with van der Waals surface area (Å²) in [6.45, 7) is 0. The van der Waals surface area contributed by atoms with Crippen LogP contribution in [0.1, 0.15) is 32.1 Å². The molecule has 0 saturated carbocycles. The van der Waals surface area contributed by atoms with Crippen LogP contribution in [0, 0.1) is 0 Å². The predicted molar refractivity (Wildman–Crippen MR) is 73.1 cm³/mol. The Morgan fingerprint density at radius 3 is 2.90 bits per heavy atom. The van der Waals surface area contributed by atoms with E-state index in [9.17, 15) is 9.59 Å². The van der Waals surface area contributed by atoms with E-state index in [0.717, 1.165) is 18.4 Å². The van der Waals surface area contributed by atoms with Gasteiger partial charge >= 0.3 is 5.97 Å². The van der Waals surface area contributed by atoms with Gasteiger partial charge in [0, 0.05) is 19.0 Å². The van der Waals surface area contributed by atoms with Crippen molar-refractivity contribution in [1.82, 2.24) is 4.90 Å². The number of ether oxygens (including phenoxy) is 1. The quantitative estimate of drug-likeness (QED) is 0.837. The minimum Gasteiger partial charge on any atom is -0.481 e. The van der Waals surface area contributed by atoms with Crippen molar-refractivity contribution in [2.45, 2.75) is 32.1 Å². The van der Waals surface area contributed by atoms with Gasteiger partial charge in [-0.3, -0.25) is 14.5 Å². The van der Waals surface area contributed by atoms with E-state index in [4.69, 9.17) is 9.84 Å². The Hall–Kier alpha value is -2.30. The first-order valence-electron chi connectivity index (χ1n) is 6.61. The summed E-state index contributed by atoms with van der Waals surface area (Å²) in [6, 6.07) is 0. The standard InChI is InChI=1S/C15H17NO4/c17-14(7-4-8-15(18)19)16-9-10-20-13(11-16)12-5-2-1-3-6-12/h1-2,5,9-11H,3-4,6-8H2,(H,18,19). The number of carboxylic acids is 1. The molecule has 1 aliphatic heterocycles. The zero-order valence-corrected chi connectivity index (χ0v) is 11.1. The molecule has 0 spiro atoms. The molecule has 0 saturated heterocycles. The Balaban J connectivity index is 1.95. The van der Waals surface area contributed by atoms with E-state index in [1.54, 1.807) is 12.4 Å². The average Bonchev–Trinajstić information content (AvgIpc) is 2.48. The van der Waals surface area contributed by atoms with E-state index >= 15 is 0 Å². The first-order valence-corrected chi connectivity index (χ1v) is 6.61. The fourth-order valence-corrected chi connectivity index (χ4v) is 2.01. The molecule has 0 radical (unpaired) electrons. The lowest BCUT2D eigenvalue weighted by molar-refractivity contribution is -0.137. The van der Waals surface area contributed by atoms with Gasteiger partial charge < -0.3 is 9.84 Å². The molecule has 5 heteroatoms. The topological polar surface area (TPSA) is 66.8 Å². The molecule has 1 heterocycles. The largest absolute Gasteiger partial charge is 0.481 e. The molecule has 2 rings (SSSR count). The van der Waals surface area contributed by atoms with Gasteiger partial charge in [-0.2, -0.15) is 0 Å². The number of amides is 1. The summed E-state index contributed by atoms with van der Waals surface area (Å²) >= 11 is 0. The Morgan fingerprint density at radius 2 is 2.20 bits per heavy atom. The van der Waals surface area contributed by atoms with Crippen LogP contribution in [0.15, 0.2) is 48.2 Å². The summed E-state index contributed by atoms with van der Waals surface area (Å²) in [5.41, 5.74) is 1.06. The average molecular weight is 275 g/mol. The van der Waals surface area contributed by atoms with E-state index in [1.165, 1.54) is 11.2 Å². The maximum absolute atomic E-state index is 12.0. The third-order valence-electron chi connectivity index (χ3n) is 3.07. The van der Waals surface area contributed by atoms with Crippen molar-refractivity contribution >= 4 is 11.9 Å². The van der Waals surface area contributed by atoms with E-state index in [1.807, 2.05) is 12.2 Å². The van der Waals surface area contributed by atoms with E-state index in [0.29, 0.717) is 12.2 Å². The lowest BCUT2D eigenvalue weighted by Gasteiger charge is -2.21. The van der Waals surface area contributed by atoms with Crippen molar-refractivity contribution in [3.8, 4) is 0 Å². The molecular formula is C15H17NO4. The third kappa shape index (κ3) is 3.85. The van der Waals surface area contributed by atoms with Gasteiger partial charge in [0.15, 0.2) is 0 Å². The molecule has 20 heavy (non-hydrogen) atoms. The maximum Gasteiger partial charge on any atom is 0.303 e. The second-order valence-corrected chi connectivity index (χ2v) is 4.60. The molecule has 1 aliphatic carbocycles. The number of hydrogen-bond acceptors (Lipinski definition) is 3. The van der Waals surface area contributed by atoms with Gasteiger partial charge in [0.25, 0.3) is 0 Å². The van der Waals surface area contributed by atoms with E-state index < -0.39 is 5.97 Å². The molecule has 0 fully saturated rings. The first kappa shape index (κ1) is 14.1. The van der Waals surface area contributed by atoms with Crippen LogP contribution in [0.3, 0.4) is 0 Å².